The monoisotopic (exact) mass is 344 g/mol. The fourth-order valence-corrected chi connectivity index (χ4v) is 2.45. The van der Waals surface area contributed by atoms with Crippen LogP contribution in [-0.4, -0.2) is 34.3 Å². The van der Waals surface area contributed by atoms with E-state index in [2.05, 4.69) is 10.3 Å². The van der Waals surface area contributed by atoms with Crippen molar-refractivity contribution in [1.29, 1.82) is 0 Å². The Morgan fingerprint density at radius 3 is 2.68 bits per heavy atom. The van der Waals surface area contributed by atoms with Gasteiger partial charge in [-0.25, -0.2) is 9.59 Å². The highest BCUT2D eigenvalue weighted by Crippen LogP contribution is 2.20. The van der Waals surface area contributed by atoms with Crippen LogP contribution < -0.4 is 5.32 Å². The van der Waals surface area contributed by atoms with Gasteiger partial charge in [-0.3, -0.25) is 0 Å². The lowest BCUT2D eigenvalue weighted by molar-refractivity contribution is -0.132. The molecule has 1 heterocycles. The third kappa shape index (κ3) is 5.67. The number of aromatic amines is 1. The number of hydrogen-bond acceptors (Lipinski definition) is 3. The first kappa shape index (κ1) is 18.6. The number of carbonyl (C=O) groups excluding carboxylic acids is 1. The van der Waals surface area contributed by atoms with Crippen LogP contribution in [0.4, 0.5) is 4.79 Å². The van der Waals surface area contributed by atoms with E-state index in [0.717, 1.165) is 16.5 Å². The first-order valence-corrected chi connectivity index (χ1v) is 8.20. The predicted octanol–water partition coefficient (Wildman–Crippen LogP) is 3.64. The molecule has 1 aromatic heterocycles. The number of aliphatic carboxylic acids is 1. The van der Waals surface area contributed by atoms with Gasteiger partial charge in [-0.15, -0.1) is 0 Å². The summed E-state index contributed by atoms with van der Waals surface area (Å²) in [4.78, 5) is 26.2. The molecule has 0 fully saturated rings. The van der Waals surface area contributed by atoms with E-state index in [4.69, 9.17) is 4.74 Å². The number of alkyl carbamates (subject to hydrolysis) is 1. The molecular formula is C19H24N2O4. The lowest BCUT2D eigenvalue weighted by atomic mass is 10.0. The van der Waals surface area contributed by atoms with Gasteiger partial charge >= 0.3 is 12.1 Å². The summed E-state index contributed by atoms with van der Waals surface area (Å²) in [5, 5.41) is 13.0. The molecule has 0 unspecified atom stereocenters. The van der Waals surface area contributed by atoms with Crippen molar-refractivity contribution in [3.8, 4) is 0 Å². The predicted molar refractivity (Wildman–Crippen MR) is 96.6 cm³/mol. The lowest BCUT2D eigenvalue weighted by Crippen LogP contribution is -2.32. The summed E-state index contributed by atoms with van der Waals surface area (Å²) in [7, 11) is 0. The van der Waals surface area contributed by atoms with Gasteiger partial charge in [-0.1, -0.05) is 24.3 Å². The Labute approximate surface area is 146 Å². The summed E-state index contributed by atoms with van der Waals surface area (Å²) in [6.07, 6.45) is 3.71. The standard InChI is InChI=1S/C19H24N2O4/c1-19(2,3)25-18(24)20-10-6-7-13(17(22)23)11-14-12-21-16-9-5-4-8-15(14)16/h4-5,7-9,12,21H,6,10-11H2,1-3H3,(H,20,24)(H,22,23). The third-order valence-electron chi connectivity index (χ3n) is 3.53. The number of nitrogens with one attached hydrogen (secondary N) is 2. The Bertz CT molecular complexity index is 784. The number of H-pyrrole nitrogens is 1. The van der Waals surface area contributed by atoms with Gasteiger partial charge in [0, 0.05) is 35.6 Å². The van der Waals surface area contributed by atoms with Gasteiger partial charge < -0.3 is 20.1 Å². The van der Waals surface area contributed by atoms with Crippen molar-refractivity contribution in [2.75, 3.05) is 6.54 Å². The van der Waals surface area contributed by atoms with Crippen molar-refractivity contribution >= 4 is 23.0 Å². The summed E-state index contributed by atoms with van der Waals surface area (Å²) in [5.41, 5.74) is 1.66. The van der Waals surface area contributed by atoms with E-state index < -0.39 is 17.7 Å². The van der Waals surface area contributed by atoms with Crippen LogP contribution in [0.2, 0.25) is 0 Å². The summed E-state index contributed by atoms with van der Waals surface area (Å²) >= 11 is 0. The van der Waals surface area contributed by atoms with Crippen molar-refractivity contribution in [1.82, 2.24) is 10.3 Å². The molecule has 0 aliphatic rings. The number of carbonyl (C=O) groups is 2. The van der Waals surface area contributed by atoms with Gasteiger partial charge in [-0.2, -0.15) is 0 Å². The number of hydrogen-bond donors (Lipinski definition) is 3. The number of ether oxygens (including phenoxy) is 1. The van der Waals surface area contributed by atoms with Gasteiger partial charge in [0.15, 0.2) is 0 Å². The molecule has 0 spiro atoms. The minimum Gasteiger partial charge on any atom is -0.478 e. The van der Waals surface area contributed by atoms with Crippen LogP contribution in [0.3, 0.4) is 0 Å². The molecule has 0 saturated carbocycles. The molecule has 25 heavy (non-hydrogen) atoms. The fraction of sp³-hybridized carbons (Fsp3) is 0.368. The average molecular weight is 344 g/mol. The van der Waals surface area contributed by atoms with Crippen molar-refractivity contribution in [2.24, 2.45) is 0 Å². The van der Waals surface area contributed by atoms with Crippen molar-refractivity contribution in [2.45, 2.75) is 39.2 Å². The number of carboxylic acids is 1. The number of carboxylic acid groups (broad SMARTS) is 1. The molecule has 0 bridgehead atoms. The molecule has 6 heteroatoms. The summed E-state index contributed by atoms with van der Waals surface area (Å²) in [5.74, 6) is -0.956. The van der Waals surface area contributed by atoms with Crippen molar-refractivity contribution < 1.29 is 19.4 Å². The molecule has 0 atom stereocenters. The molecule has 0 radical (unpaired) electrons. The van der Waals surface area contributed by atoms with E-state index in [1.807, 2.05) is 30.5 Å². The topological polar surface area (TPSA) is 91.4 Å². The van der Waals surface area contributed by atoms with Crippen molar-refractivity contribution in [3.05, 3.63) is 47.7 Å². The van der Waals surface area contributed by atoms with Gasteiger partial charge in [0.2, 0.25) is 0 Å². The highest BCUT2D eigenvalue weighted by atomic mass is 16.6. The Kier molecular flexibility index (Phi) is 5.85. The number of benzene rings is 1. The lowest BCUT2D eigenvalue weighted by Gasteiger charge is -2.19. The maximum Gasteiger partial charge on any atom is 0.407 e. The van der Waals surface area contributed by atoms with Gasteiger partial charge in [-0.05, 0) is 38.8 Å². The Hall–Kier alpha value is -2.76. The summed E-state index contributed by atoms with van der Waals surface area (Å²) < 4.78 is 5.13. The fourth-order valence-electron chi connectivity index (χ4n) is 2.45. The largest absolute Gasteiger partial charge is 0.478 e. The Morgan fingerprint density at radius 2 is 2.00 bits per heavy atom. The molecule has 0 aliphatic heterocycles. The van der Waals surface area contributed by atoms with E-state index in [9.17, 15) is 14.7 Å². The highest BCUT2D eigenvalue weighted by molar-refractivity contribution is 5.89. The van der Waals surface area contributed by atoms with Crippen LogP contribution in [0.1, 0.15) is 32.8 Å². The van der Waals surface area contributed by atoms with Crippen LogP contribution in [0, 0.1) is 0 Å². The zero-order valence-electron chi connectivity index (χ0n) is 14.8. The normalized spacial score (nSPS) is 12.2. The second-order valence-electron chi connectivity index (χ2n) is 6.79. The van der Waals surface area contributed by atoms with Crippen LogP contribution in [-0.2, 0) is 16.0 Å². The summed E-state index contributed by atoms with van der Waals surface area (Å²) in [6, 6.07) is 7.77. The number of fused-ring (bicyclic) bond motifs is 1. The molecule has 0 aliphatic carbocycles. The minimum atomic E-state index is -0.956. The van der Waals surface area contributed by atoms with E-state index in [-0.39, 0.29) is 0 Å². The van der Waals surface area contributed by atoms with Gasteiger partial charge in [0.05, 0.1) is 0 Å². The maximum atomic E-state index is 11.6. The number of rotatable bonds is 6. The number of amides is 1. The second kappa shape index (κ2) is 7.88. The highest BCUT2D eigenvalue weighted by Gasteiger charge is 2.15. The molecule has 0 saturated heterocycles. The van der Waals surface area contributed by atoms with E-state index in [0.29, 0.717) is 25.0 Å². The molecule has 134 valence electrons. The molecule has 2 aromatic rings. The smallest absolute Gasteiger partial charge is 0.407 e. The zero-order chi connectivity index (χ0) is 18.4. The maximum absolute atomic E-state index is 11.6. The Balaban J connectivity index is 1.95. The molecular weight excluding hydrogens is 320 g/mol. The third-order valence-corrected chi connectivity index (χ3v) is 3.53. The van der Waals surface area contributed by atoms with Gasteiger partial charge in [0.1, 0.15) is 5.60 Å². The van der Waals surface area contributed by atoms with Crippen molar-refractivity contribution in [3.63, 3.8) is 0 Å². The first-order valence-electron chi connectivity index (χ1n) is 8.20. The molecule has 1 aromatic carbocycles. The van der Waals surface area contributed by atoms with Crippen LogP contribution in [0.5, 0.6) is 0 Å². The number of para-hydroxylation sites is 1. The molecule has 1 amide bonds. The molecule has 3 N–H and O–H groups in total. The minimum absolute atomic E-state index is 0.302. The summed E-state index contributed by atoms with van der Waals surface area (Å²) in [6.45, 7) is 5.68. The Morgan fingerprint density at radius 1 is 1.28 bits per heavy atom. The van der Waals surface area contributed by atoms with Crippen LogP contribution >= 0.6 is 0 Å². The van der Waals surface area contributed by atoms with E-state index >= 15 is 0 Å². The molecule has 2 rings (SSSR count). The second-order valence-corrected chi connectivity index (χ2v) is 6.79. The average Bonchev–Trinajstić information content (AvgIpc) is 2.91. The van der Waals surface area contributed by atoms with Crippen LogP contribution in [0.15, 0.2) is 42.1 Å². The van der Waals surface area contributed by atoms with Gasteiger partial charge in [0.25, 0.3) is 0 Å². The molecule has 6 nitrogen and oxygen atoms in total. The SMILES string of the molecule is CC(C)(C)OC(=O)NCCC=C(Cc1c[nH]c2ccccc12)C(=O)O. The van der Waals surface area contributed by atoms with Crippen LogP contribution in [0.25, 0.3) is 10.9 Å². The number of aromatic nitrogens is 1. The zero-order valence-corrected chi connectivity index (χ0v) is 14.8. The van der Waals surface area contributed by atoms with E-state index in [1.54, 1.807) is 26.8 Å². The van der Waals surface area contributed by atoms with E-state index in [1.165, 1.54) is 0 Å². The first-order chi connectivity index (χ1) is 11.8. The quantitative estimate of drug-likeness (QED) is 0.551.